The van der Waals surface area contributed by atoms with Crippen LogP contribution < -0.4 is 0 Å². The Kier molecular flexibility index (Phi) is 3.29. The van der Waals surface area contributed by atoms with Gasteiger partial charge in [-0.1, -0.05) is 6.42 Å². The molecule has 3 atom stereocenters. The maximum Gasteiger partial charge on any atom is 0.237 e. The molecule has 5 heteroatoms. The average Bonchev–Trinajstić information content (AvgIpc) is 2.16. The number of rotatable bonds is 1. The summed E-state index contributed by atoms with van der Waals surface area (Å²) in [4.78, 5) is 2.19. The van der Waals surface area contributed by atoms with Crippen molar-refractivity contribution in [3.63, 3.8) is 0 Å². The molecule has 3 nitrogen and oxygen atoms in total. The molecule has 1 aliphatic heterocycles. The van der Waals surface area contributed by atoms with Gasteiger partial charge in [0.25, 0.3) is 0 Å². The van der Waals surface area contributed by atoms with Crippen LogP contribution in [0.3, 0.4) is 0 Å². The lowest BCUT2D eigenvalue weighted by Gasteiger charge is -2.45. The van der Waals surface area contributed by atoms with Crippen molar-refractivity contribution in [1.29, 1.82) is 0 Å². The van der Waals surface area contributed by atoms with Crippen LogP contribution in [-0.2, 0) is 9.05 Å². The lowest BCUT2D eigenvalue weighted by molar-refractivity contribution is 0.0872. The van der Waals surface area contributed by atoms with E-state index in [-0.39, 0.29) is 11.3 Å². The smallest absolute Gasteiger partial charge is 0.237 e. The van der Waals surface area contributed by atoms with Gasteiger partial charge in [-0.15, -0.1) is 0 Å². The highest BCUT2D eigenvalue weighted by Gasteiger charge is 2.43. The van der Waals surface area contributed by atoms with E-state index in [0.29, 0.717) is 5.92 Å². The second-order valence-corrected chi connectivity index (χ2v) is 7.67. The van der Waals surface area contributed by atoms with Crippen LogP contribution in [0.5, 0.6) is 0 Å². The van der Waals surface area contributed by atoms with Crippen LogP contribution in [0.4, 0.5) is 0 Å². The zero-order valence-corrected chi connectivity index (χ0v) is 10.6. The Hall–Kier alpha value is 0.200. The zero-order chi connectivity index (χ0) is 11.1. The summed E-state index contributed by atoms with van der Waals surface area (Å²) in [6.07, 6.45) is 5.26. The molecule has 0 unspecified atom stereocenters. The molecule has 0 aromatic rings. The van der Waals surface area contributed by atoms with E-state index in [2.05, 4.69) is 4.90 Å². The topological polar surface area (TPSA) is 37.4 Å². The summed E-state index contributed by atoms with van der Waals surface area (Å²) in [6, 6.07) is 0.162. The summed E-state index contributed by atoms with van der Waals surface area (Å²) < 4.78 is 23.1. The molecule has 1 aliphatic carbocycles. The van der Waals surface area contributed by atoms with Crippen LogP contribution in [-0.4, -0.2) is 38.2 Å². The van der Waals surface area contributed by atoms with E-state index in [4.69, 9.17) is 10.7 Å². The van der Waals surface area contributed by atoms with Gasteiger partial charge in [0.15, 0.2) is 0 Å². The molecule has 0 amide bonds. The van der Waals surface area contributed by atoms with E-state index in [1.807, 2.05) is 7.05 Å². The zero-order valence-electron chi connectivity index (χ0n) is 9.02. The van der Waals surface area contributed by atoms with Crippen molar-refractivity contribution < 1.29 is 8.42 Å². The molecule has 0 radical (unpaired) electrons. The van der Waals surface area contributed by atoms with Gasteiger partial charge in [0.2, 0.25) is 9.05 Å². The quantitative estimate of drug-likeness (QED) is 0.667. The van der Waals surface area contributed by atoms with Gasteiger partial charge in [-0.3, -0.25) is 0 Å². The molecule has 1 saturated heterocycles. The Bertz CT molecular complexity index is 328. The Labute approximate surface area is 96.2 Å². The summed E-state index contributed by atoms with van der Waals surface area (Å²) in [7, 11) is 4.17. The summed E-state index contributed by atoms with van der Waals surface area (Å²) >= 11 is 0. The Morgan fingerprint density at radius 1 is 1.20 bits per heavy atom. The molecule has 88 valence electrons. The summed E-state index contributed by atoms with van der Waals surface area (Å²) in [5, 5.41) is -0.344. The van der Waals surface area contributed by atoms with Crippen molar-refractivity contribution >= 4 is 19.7 Å². The van der Waals surface area contributed by atoms with E-state index in [0.717, 1.165) is 32.2 Å². The van der Waals surface area contributed by atoms with Crippen LogP contribution >= 0.6 is 10.7 Å². The molecule has 0 aromatic carbocycles. The largest absolute Gasteiger partial charge is 0.302 e. The molecule has 0 spiro atoms. The van der Waals surface area contributed by atoms with Crippen LogP contribution in [0.25, 0.3) is 0 Å². The molecular formula is C10H18ClNO2S. The average molecular weight is 252 g/mol. The standard InChI is InChI=1S/C10H18ClNO2S/c1-12-7-3-5-8-4-2-6-9(10(8)12)15(11,13)14/h8-10H,2-7H2,1H3/t8-,9+,10-/m0/s1. The Balaban J connectivity index is 2.24. The van der Waals surface area contributed by atoms with Crippen LogP contribution in [0.2, 0.25) is 0 Å². The number of hydrogen-bond donors (Lipinski definition) is 0. The monoisotopic (exact) mass is 251 g/mol. The summed E-state index contributed by atoms with van der Waals surface area (Å²) in [6.45, 7) is 1.00. The molecule has 15 heavy (non-hydrogen) atoms. The van der Waals surface area contributed by atoms with Crippen LogP contribution in [0, 0.1) is 5.92 Å². The SMILES string of the molecule is CN1CCC[C@@H]2CCC[C@@H](S(=O)(=O)Cl)[C@H]21. The fourth-order valence-corrected chi connectivity index (χ4v) is 5.04. The molecule has 2 rings (SSSR count). The lowest BCUT2D eigenvalue weighted by Crippen LogP contribution is -2.53. The maximum atomic E-state index is 11.5. The van der Waals surface area contributed by atoms with E-state index < -0.39 is 9.05 Å². The molecule has 0 aromatic heterocycles. The second kappa shape index (κ2) is 4.22. The normalized spacial score (nSPS) is 38.7. The minimum absolute atomic E-state index is 0.162. The van der Waals surface area contributed by atoms with Gasteiger partial charge in [-0.25, -0.2) is 8.42 Å². The number of likely N-dealkylation sites (tertiary alicyclic amines) is 1. The highest BCUT2D eigenvalue weighted by molar-refractivity contribution is 8.14. The van der Waals surface area contributed by atoms with Gasteiger partial charge < -0.3 is 4.90 Å². The number of fused-ring (bicyclic) bond motifs is 1. The van der Waals surface area contributed by atoms with E-state index in [9.17, 15) is 8.42 Å². The minimum Gasteiger partial charge on any atom is -0.302 e. The molecular weight excluding hydrogens is 234 g/mol. The Morgan fingerprint density at radius 2 is 1.87 bits per heavy atom. The highest BCUT2D eigenvalue weighted by Crippen LogP contribution is 2.38. The van der Waals surface area contributed by atoms with Crippen LogP contribution in [0.15, 0.2) is 0 Å². The predicted molar refractivity (Wildman–Crippen MR) is 61.6 cm³/mol. The first-order valence-electron chi connectivity index (χ1n) is 5.64. The van der Waals surface area contributed by atoms with E-state index in [1.54, 1.807) is 0 Å². The van der Waals surface area contributed by atoms with Crippen molar-refractivity contribution in [2.45, 2.75) is 43.4 Å². The first kappa shape index (κ1) is 11.7. The number of halogens is 1. The van der Waals surface area contributed by atoms with Gasteiger partial charge in [-0.05, 0) is 45.2 Å². The molecule has 0 N–H and O–H groups in total. The summed E-state index contributed by atoms with van der Waals surface area (Å²) in [5.41, 5.74) is 0. The van der Waals surface area contributed by atoms with Crippen LogP contribution in [0.1, 0.15) is 32.1 Å². The van der Waals surface area contributed by atoms with E-state index in [1.165, 1.54) is 6.42 Å². The van der Waals surface area contributed by atoms with E-state index >= 15 is 0 Å². The third kappa shape index (κ3) is 2.32. The molecule has 1 heterocycles. The van der Waals surface area contributed by atoms with Gasteiger partial charge in [0.1, 0.15) is 0 Å². The van der Waals surface area contributed by atoms with Crippen molar-refractivity contribution in [1.82, 2.24) is 4.90 Å². The number of hydrogen-bond acceptors (Lipinski definition) is 3. The van der Waals surface area contributed by atoms with Crippen molar-refractivity contribution in [2.24, 2.45) is 5.92 Å². The molecule has 2 fully saturated rings. The first-order valence-corrected chi connectivity index (χ1v) is 8.01. The number of piperidine rings is 1. The summed E-state index contributed by atoms with van der Waals surface area (Å²) in [5.74, 6) is 0.538. The van der Waals surface area contributed by atoms with Crippen molar-refractivity contribution in [3.8, 4) is 0 Å². The molecule has 0 bridgehead atoms. The maximum absolute atomic E-state index is 11.5. The second-order valence-electron chi connectivity index (χ2n) is 4.82. The van der Waals surface area contributed by atoms with Gasteiger partial charge in [0, 0.05) is 16.7 Å². The third-order valence-electron chi connectivity index (χ3n) is 3.88. The first-order chi connectivity index (χ1) is 7.00. The fourth-order valence-electron chi connectivity index (χ4n) is 3.24. The highest BCUT2D eigenvalue weighted by atomic mass is 35.7. The molecule has 2 aliphatic rings. The predicted octanol–water partition coefficient (Wildman–Crippen LogP) is 1.82. The van der Waals surface area contributed by atoms with Gasteiger partial charge in [-0.2, -0.15) is 0 Å². The third-order valence-corrected chi connectivity index (χ3v) is 5.81. The van der Waals surface area contributed by atoms with Gasteiger partial charge >= 0.3 is 0 Å². The Morgan fingerprint density at radius 3 is 2.53 bits per heavy atom. The number of nitrogens with zero attached hydrogens (tertiary/aromatic N) is 1. The lowest BCUT2D eigenvalue weighted by atomic mass is 9.78. The van der Waals surface area contributed by atoms with Crippen molar-refractivity contribution in [3.05, 3.63) is 0 Å². The fraction of sp³-hybridized carbons (Fsp3) is 1.00. The molecule has 1 saturated carbocycles. The van der Waals surface area contributed by atoms with Crippen molar-refractivity contribution in [2.75, 3.05) is 13.6 Å². The van der Waals surface area contributed by atoms with Gasteiger partial charge in [0.05, 0.1) is 5.25 Å². The minimum atomic E-state index is -3.40.